The van der Waals surface area contributed by atoms with E-state index in [0.717, 1.165) is 6.54 Å². The summed E-state index contributed by atoms with van der Waals surface area (Å²) in [5, 5.41) is 3.47. The van der Waals surface area contributed by atoms with Gasteiger partial charge in [0.15, 0.2) is 0 Å². The number of hydrogen-bond donors (Lipinski definition) is 1. The van der Waals surface area contributed by atoms with Crippen molar-refractivity contribution in [1.29, 1.82) is 0 Å². The molecule has 0 saturated carbocycles. The van der Waals surface area contributed by atoms with Gasteiger partial charge < -0.3 is 10.2 Å². The molecule has 2 heteroatoms. The van der Waals surface area contributed by atoms with Crippen LogP contribution in [0.5, 0.6) is 0 Å². The largest absolute Gasteiger partial charge is 0.312 e. The van der Waals surface area contributed by atoms with Crippen LogP contribution in [-0.2, 0) is 0 Å². The van der Waals surface area contributed by atoms with E-state index in [4.69, 9.17) is 0 Å². The molecule has 1 aromatic rings. The van der Waals surface area contributed by atoms with Gasteiger partial charge in [-0.25, -0.2) is 0 Å². The molecule has 0 spiro atoms. The molecule has 1 N–H and O–H groups in total. The van der Waals surface area contributed by atoms with Crippen LogP contribution in [0.25, 0.3) is 0 Å². The third-order valence-corrected chi connectivity index (χ3v) is 4.25. The van der Waals surface area contributed by atoms with Gasteiger partial charge in [-0.1, -0.05) is 43.7 Å². The van der Waals surface area contributed by atoms with Crippen molar-refractivity contribution in [3.05, 3.63) is 35.4 Å². The molecule has 1 heterocycles. The molecule has 0 bridgehead atoms. The van der Waals surface area contributed by atoms with Crippen molar-refractivity contribution in [2.75, 3.05) is 26.7 Å². The number of nitrogens with one attached hydrogen (secondary N) is 1. The number of rotatable bonds is 4. The van der Waals surface area contributed by atoms with Crippen LogP contribution in [0.4, 0.5) is 0 Å². The Kier molecular flexibility index (Phi) is 4.64. The fraction of sp³-hybridized carbons (Fsp3) is 0.647. The van der Waals surface area contributed by atoms with E-state index in [9.17, 15) is 0 Å². The van der Waals surface area contributed by atoms with Gasteiger partial charge >= 0.3 is 0 Å². The predicted molar refractivity (Wildman–Crippen MR) is 82.4 cm³/mol. The molecule has 2 rings (SSSR count). The van der Waals surface area contributed by atoms with Gasteiger partial charge in [0, 0.05) is 19.1 Å². The Balaban J connectivity index is 2.01. The Bertz CT molecular complexity index is 394. The van der Waals surface area contributed by atoms with E-state index in [1.165, 1.54) is 37.1 Å². The maximum Gasteiger partial charge on any atom is 0.0446 e. The second-order valence-electron chi connectivity index (χ2n) is 6.75. The van der Waals surface area contributed by atoms with Crippen LogP contribution < -0.4 is 5.32 Å². The van der Waals surface area contributed by atoms with E-state index in [-0.39, 0.29) is 0 Å². The molecule has 1 unspecified atom stereocenters. The summed E-state index contributed by atoms with van der Waals surface area (Å²) in [5.74, 6) is 0. The smallest absolute Gasteiger partial charge is 0.0446 e. The lowest BCUT2D eigenvalue weighted by molar-refractivity contribution is 0.108. The van der Waals surface area contributed by atoms with Crippen molar-refractivity contribution in [2.24, 2.45) is 5.41 Å². The van der Waals surface area contributed by atoms with Crippen molar-refractivity contribution in [2.45, 2.75) is 39.7 Å². The molecule has 1 fully saturated rings. The number of nitrogens with zero attached hydrogens (tertiary/aromatic N) is 1. The normalized spacial score (nSPS) is 21.3. The number of likely N-dealkylation sites (tertiary alicyclic amines) is 1. The zero-order valence-electron chi connectivity index (χ0n) is 12.9. The highest BCUT2D eigenvalue weighted by atomic mass is 15.2. The molecule has 0 aliphatic carbocycles. The van der Waals surface area contributed by atoms with Crippen molar-refractivity contribution in [1.82, 2.24) is 10.2 Å². The topological polar surface area (TPSA) is 15.3 Å². The SMILES string of the molecule is CNC(CN1CCCC(C)(C)C1)c1ccc(C)cc1. The predicted octanol–water partition coefficient (Wildman–Crippen LogP) is 3.38. The molecule has 106 valence electrons. The van der Waals surface area contributed by atoms with Crippen LogP contribution in [-0.4, -0.2) is 31.6 Å². The van der Waals surface area contributed by atoms with Gasteiger partial charge in [-0.15, -0.1) is 0 Å². The van der Waals surface area contributed by atoms with Gasteiger partial charge in [0.2, 0.25) is 0 Å². The summed E-state index contributed by atoms with van der Waals surface area (Å²) in [4.78, 5) is 2.62. The maximum absolute atomic E-state index is 3.47. The number of piperidine rings is 1. The standard InChI is InChI=1S/C17H28N2/c1-14-6-8-15(9-7-14)16(18-4)12-19-11-5-10-17(2,3)13-19/h6-9,16,18H,5,10-13H2,1-4H3. The summed E-state index contributed by atoms with van der Waals surface area (Å²) in [5.41, 5.74) is 3.21. The van der Waals surface area contributed by atoms with Crippen LogP contribution in [0, 0.1) is 12.3 Å². The number of hydrogen-bond acceptors (Lipinski definition) is 2. The summed E-state index contributed by atoms with van der Waals surface area (Å²) in [6, 6.07) is 9.37. The highest BCUT2D eigenvalue weighted by molar-refractivity contribution is 5.24. The molecule has 1 aliphatic heterocycles. The summed E-state index contributed by atoms with van der Waals surface area (Å²) in [7, 11) is 2.07. The fourth-order valence-corrected chi connectivity index (χ4v) is 3.12. The number of aryl methyl sites for hydroxylation is 1. The highest BCUT2D eigenvalue weighted by Crippen LogP contribution is 2.29. The first-order valence-corrected chi connectivity index (χ1v) is 7.46. The van der Waals surface area contributed by atoms with E-state index < -0.39 is 0 Å². The minimum atomic E-state index is 0.439. The van der Waals surface area contributed by atoms with Crippen LogP contribution in [0.2, 0.25) is 0 Å². The Morgan fingerprint density at radius 1 is 1.26 bits per heavy atom. The minimum Gasteiger partial charge on any atom is -0.312 e. The Labute approximate surface area is 118 Å². The summed E-state index contributed by atoms with van der Waals surface area (Å²) >= 11 is 0. The number of benzene rings is 1. The quantitative estimate of drug-likeness (QED) is 0.893. The number of likely N-dealkylation sites (N-methyl/N-ethyl adjacent to an activating group) is 1. The van der Waals surface area contributed by atoms with Crippen molar-refractivity contribution >= 4 is 0 Å². The van der Waals surface area contributed by atoms with E-state index >= 15 is 0 Å². The van der Waals surface area contributed by atoms with Crippen molar-refractivity contribution < 1.29 is 0 Å². The molecule has 2 nitrogen and oxygen atoms in total. The molecule has 19 heavy (non-hydrogen) atoms. The zero-order valence-corrected chi connectivity index (χ0v) is 12.9. The van der Waals surface area contributed by atoms with Gasteiger partial charge in [-0.2, -0.15) is 0 Å². The van der Waals surface area contributed by atoms with Gasteiger partial charge in [0.1, 0.15) is 0 Å². The van der Waals surface area contributed by atoms with Gasteiger partial charge in [0.05, 0.1) is 0 Å². The van der Waals surface area contributed by atoms with E-state index in [1.54, 1.807) is 0 Å². The Morgan fingerprint density at radius 3 is 2.53 bits per heavy atom. The van der Waals surface area contributed by atoms with Gasteiger partial charge in [0.25, 0.3) is 0 Å². The average molecular weight is 260 g/mol. The molecule has 0 amide bonds. The summed E-state index contributed by atoms with van der Waals surface area (Å²) in [6.07, 6.45) is 2.69. The molecule has 0 aromatic heterocycles. The van der Waals surface area contributed by atoms with E-state index in [1.807, 2.05) is 0 Å². The van der Waals surface area contributed by atoms with Crippen LogP contribution in [0.3, 0.4) is 0 Å². The van der Waals surface area contributed by atoms with Crippen molar-refractivity contribution in [3.8, 4) is 0 Å². The van der Waals surface area contributed by atoms with E-state index in [2.05, 4.69) is 62.3 Å². The Morgan fingerprint density at radius 2 is 1.95 bits per heavy atom. The van der Waals surface area contributed by atoms with Crippen molar-refractivity contribution in [3.63, 3.8) is 0 Å². The molecule has 1 aromatic carbocycles. The first-order chi connectivity index (χ1) is 9.00. The molecule has 0 radical (unpaired) electrons. The second-order valence-corrected chi connectivity index (χ2v) is 6.75. The zero-order chi connectivity index (χ0) is 13.9. The summed E-state index contributed by atoms with van der Waals surface area (Å²) < 4.78 is 0. The first-order valence-electron chi connectivity index (χ1n) is 7.46. The fourth-order valence-electron chi connectivity index (χ4n) is 3.12. The lowest BCUT2D eigenvalue weighted by Crippen LogP contribution is -2.43. The maximum atomic E-state index is 3.47. The minimum absolute atomic E-state index is 0.439. The lowest BCUT2D eigenvalue weighted by atomic mass is 9.84. The third-order valence-electron chi connectivity index (χ3n) is 4.25. The monoisotopic (exact) mass is 260 g/mol. The second kappa shape index (κ2) is 6.06. The molecule has 1 aliphatic rings. The lowest BCUT2D eigenvalue weighted by Gasteiger charge is -2.39. The Hall–Kier alpha value is -0.860. The molecular formula is C17H28N2. The van der Waals surface area contributed by atoms with Crippen LogP contribution in [0.15, 0.2) is 24.3 Å². The first kappa shape index (κ1) is 14.5. The van der Waals surface area contributed by atoms with E-state index in [0.29, 0.717) is 11.5 Å². The summed E-state index contributed by atoms with van der Waals surface area (Å²) in [6.45, 7) is 10.5. The molecule has 1 saturated heterocycles. The average Bonchev–Trinajstić information content (AvgIpc) is 2.36. The molecular weight excluding hydrogens is 232 g/mol. The van der Waals surface area contributed by atoms with Crippen LogP contribution in [0.1, 0.15) is 43.9 Å². The van der Waals surface area contributed by atoms with Crippen LogP contribution >= 0.6 is 0 Å². The van der Waals surface area contributed by atoms with Gasteiger partial charge in [-0.05, 0) is 44.3 Å². The highest BCUT2D eigenvalue weighted by Gasteiger charge is 2.27. The van der Waals surface area contributed by atoms with Gasteiger partial charge in [-0.3, -0.25) is 0 Å². The third kappa shape index (κ3) is 4.05. The molecule has 1 atom stereocenters.